The van der Waals surface area contributed by atoms with Gasteiger partial charge in [-0.15, -0.1) is 10.2 Å². The zero-order chi connectivity index (χ0) is 20.3. The molecule has 2 aromatic carbocycles. The van der Waals surface area contributed by atoms with Gasteiger partial charge >= 0.3 is 0 Å². The molecule has 1 heterocycles. The largest absolute Gasteiger partial charge is 0.300 e. The van der Waals surface area contributed by atoms with E-state index in [4.69, 9.17) is 23.2 Å². The second-order valence-corrected chi connectivity index (χ2v) is 9.41. The summed E-state index contributed by atoms with van der Waals surface area (Å²) in [4.78, 5) is 12.0. The fraction of sp³-hybridized carbons (Fsp3) is 0.118. The predicted octanol–water partition coefficient (Wildman–Crippen LogP) is 4.14. The van der Waals surface area contributed by atoms with E-state index in [1.54, 1.807) is 31.2 Å². The number of anilines is 2. The number of benzene rings is 2. The summed E-state index contributed by atoms with van der Waals surface area (Å²) in [7, 11) is -3.81. The monoisotopic (exact) mass is 456 g/mol. The molecule has 0 radical (unpaired) electrons. The summed E-state index contributed by atoms with van der Waals surface area (Å²) in [5, 5.41) is 11.9. The van der Waals surface area contributed by atoms with Crippen LogP contribution < -0.4 is 10.0 Å². The number of halogens is 2. The Balaban J connectivity index is 1.65. The van der Waals surface area contributed by atoms with Crippen molar-refractivity contribution in [3.8, 4) is 0 Å². The summed E-state index contributed by atoms with van der Waals surface area (Å²) in [6, 6.07) is 10.5. The Hall–Kier alpha value is -2.20. The summed E-state index contributed by atoms with van der Waals surface area (Å²) in [5.74, 6) is -0.236. The van der Waals surface area contributed by atoms with Gasteiger partial charge in [0.1, 0.15) is 5.01 Å². The number of carbonyl (C=O) groups is 1. The van der Waals surface area contributed by atoms with E-state index in [9.17, 15) is 13.2 Å². The van der Waals surface area contributed by atoms with Crippen LogP contribution in [-0.4, -0.2) is 24.5 Å². The second kappa shape index (κ2) is 8.44. The Morgan fingerprint density at radius 3 is 2.39 bits per heavy atom. The van der Waals surface area contributed by atoms with Gasteiger partial charge < -0.3 is 5.32 Å². The van der Waals surface area contributed by atoms with Gasteiger partial charge in [-0.3, -0.25) is 9.52 Å². The highest BCUT2D eigenvalue weighted by atomic mass is 35.5. The van der Waals surface area contributed by atoms with Crippen LogP contribution in [0.25, 0.3) is 0 Å². The van der Waals surface area contributed by atoms with Gasteiger partial charge in [0, 0.05) is 5.69 Å². The van der Waals surface area contributed by atoms with Gasteiger partial charge in [-0.25, -0.2) is 8.42 Å². The molecule has 0 spiro atoms. The maximum atomic E-state index is 12.4. The lowest BCUT2D eigenvalue weighted by atomic mass is 10.1. The summed E-state index contributed by atoms with van der Waals surface area (Å²) in [6.07, 6.45) is 0.123. The van der Waals surface area contributed by atoms with Crippen LogP contribution >= 0.6 is 34.5 Å². The first kappa shape index (κ1) is 20.5. The highest BCUT2D eigenvalue weighted by Crippen LogP contribution is 2.26. The summed E-state index contributed by atoms with van der Waals surface area (Å²) in [5.41, 5.74) is 1.08. The minimum absolute atomic E-state index is 0.00212. The van der Waals surface area contributed by atoms with E-state index >= 15 is 0 Å². The van der Waals surface area contributed by atoms with Gasteiger partial charge in [-0.1, -0.05) is 46.7 Å². The topological polar surface area (TPSA) is 101 Å². The molecule has 1 aromatic heterocycles. The number of nitrogens with zero attached hydrogens (tertiary/aromatic N) is 2. The van der Waals surface area contributed by atoms with Crippen molar-refractivity contribution < 1.29 is 13.2 Å². The number of hydrogen-bond donors (Lipinski definition) is 2. The lowest BCUT2D eigenvalue weighted by Gasteiger charge is -2.09. The van der Waals surface area contributed by atoms with Gasteiger partial charge in [-0.05, 0) is 42.8 Å². The molecule has 0 aliphatic heterocycles. The smallest absolute Gasteiger partial charge is 0.261 e. The maximum Gasteiger partial charge on any atom is 0.261 e. The third-order valence-corrected chi connectivity index (χ3v) is 6.42. The zero-order valence-electron chi connectivity index (χ0n) is 14.4. The molecule has 0 fully saturated rings. The van der Waals surface area contributed by atoms with E-state index in [0.717, 1.165) is 10.6 Å². The van der Waals surface area contributed by atoms with Crippen LogP contribution in [0.3, 0.4) is 0 Å². The van der Waals surface area contributed by atoms with Gasteiger partial charge in [0.15, 0.2) is 0 Å². The van der Waals surface area contributed by atoms with E-state index in [1.807, 2.05) is 0 Å². The molecule has 0 saturated carbocycles. The van der Waals surface area contributed by atoms with Crippen molar-refractivity contribution in [1.82, 2.24) is 10.2 Å². The number of rotatable bonds is 6. The lowest BCUT2D eigenvalue weighted by molar-refractivity contribution is -0.115. The molecule has 1 amide bonds. The van der Waals surface area contributed by atoms with Crippen LogP contribution in [0.2, 0.25) is 10.0 Å². The molecule has 2 N–H and O–H groups in total. The fourth-order valence-corrected chi connectivity index (χ4v) is 4.30. The Morgan fingerprint density at radius 1 is 1.07 bits per heavy atom. The Morgan fingerprint density at radius 2 is 1.79 bits per heavy atom. The van der Waals surface area contributed by atoms with E-state index in [-0.39, 0.29) is 27.3 Å². The number of aryl methyl sites for hydroxylation is 1. The fourth-order valence-electron chi connectivity index (χ4n) is 2.24. The SMILES string of the molecule is Cc1nnc(NC(=O)Cc2ccc(NS(=O)(=O)c3ccc(Cl)c(Cl)c3)cc2)s1. The molecule has 0 aliphatic rings. The molecule has 146 valence electrons. The van der Waals surface area contributed by atoms with E-state index in [1.165, 1.54) is 29.5 Å². The molecule has 3 aromatic rings. The molecular weight excluding hydrogens is 443 g/mol. The highest BCUT2D eigenvalue weighted by Gasteiger charge is 2.16. The lowest BCUT2D eigenvalue weighted by Crippen LogP contribution is -2.15. The minimum Gasteiger partial charge on any atom is -0.300 e. The molecule has 3 rings (SSSR count). The van der Waals surface area contributed by atoms with E-state index < -0.39 is 10.0 Å². The van der Waals surface area contributed by atoms with Crippen LogP contribution in [0.15, 0.2) is 47.4 Å². The van der Waals surface area contributed by atoms with Crippen molar-refractivity contribution in [2.24, 2.45) is 0 Å². The van der Waals surface area contributed by atoms with Gasteiger partial charge in [0.05, 0.1) is 21.4 Å². The average Bonchev–Trinajstić information content (AvgIpc) is 3.03. The van der Waals surface area contributed by atoms with Gasteiger partial charge in [0.2, 0.25) is 11.0 Å². The molecule has 11 heteroatoms. The molecule has 0 atom stereocenters. The molecule has 0 aliphatic carbocycles. The highest BCUT2D eigenvalue weighted by molar-refractivity contribution is 7.92. The Labute approximate surface area is 175 Å². The van der Waals surface area contributed by atoms with Gasteiger partial charge in [0.25, 0.3) is 10.0 Å². The first-order chi connectivity index (χ1) is 13.2. The molecular formula is C17H14Cl2N4O3S2. The van der Waals surface area contributed by atoms with Crippen LogP contribution in [0, 0.1) is 6.92 Å². The van der Waals surface area contributed by atoms with Crippen molar-refractivity contribution in [3.05, 3.63) is 63.1 Å². The number of sulfonamides is 1. The second-order valence-electron chi connectivity index (χ2n) is 5.73. The normalized spacial score (nSPS) is 11.2. The molecule has 0 unspecified atom stereocenters. The van der Waals surface area contributed by atoms with Crippen LogP contribution in [-0.2, 0) is 21.2 Å². The molecule has 0 bridgehead atoms. The van der Waals surface area contributed by atoms with Crippen LogP contribution in [0.1, 0.15) is 10.6 Å². The number of hydrogen-bond acceptors (Lipinski definition) is 6. The average molecular weight is 457 g/mol. The summed E-state index contributed by atoms with van der Waals surface area (Å²) < 4.78 is 27.3. The third kappa shape index (κ3) is 5.20. The van der Waals surface area contributed by atoms with Crippen molar-refractivity contribution >= 4 is 61.3 Å². The summed E-state index contributed by atoms with van der Waals surface area (Å²) in [6.45, 7) is 1.80. The quantitative estimate of drug-likeness (QED) is 0.580. The number of carbonyl (C=O) groups excluding carboxylic acids is 1. The number of aromatic nitrogens is 2. The Kier molecular flexibility index (Phi) is 6.19. The van der Waals surface area contributed by atoms with Crippen LogP contribution in [0.5, 0.6) is 0 Å². The third-order valence-electron chi connectivity index (χ3n) is 3.54. The first-order valence-corrected chi connectivity index (χ1v) is 11.0. The van der Waals surface area contributed by atoms with Crippen LogP contribution in [0.4, 0.5) is 10.8 Å². The zero-order valence-corrected chi connectivity index (χ0v) is 17.6. The maximum absolute atomic E-state index is 12.4. The van der Waals surface area contributed by atoms with Gasteiger partial charge in [-0.2, -0.15) is 0 Å². The minimum atomic E-state index is -3.81. The Bertz CT molecular complexity index is 1120. The predicted molar refractivity (Wildman–Crippen MR) is 111 cm³/mol. The van der Waals surface area contributed by atoms with Crippen molar-refractivity contribution in [2.75, 3.05) is 10.0 Å². The summed E-state index contributed by atoms with van der Waals surface area (Å²) >= 11 is 13.0. The molecule has 0 saturated heterocycles. The van der Waals surface area contributed by atoms with E-state index in [2.05, 4.69) is 20.2 Å². The standard InChI is InChI=1S/C17H14Cl2N4O3S2/c1-10-21-22-17(27-10)20-16(24)8-11-2-4-12(5-3-11)23-28(25,26)13-6-7-14(18)15(19)9-13/h2-7,9,23H,8H2,1H3,(H,20,22,24). The van der Waals surface area contributed by atoms with Crippen molar-refractivity contribution in [2.45, 2.75) is 18.2 Å². The molecule has 7 nitrogen and oxygen atoms in total. The van der Waals surface area contributed by atoms with Crippen molar-refractivity contribution in [1.29, 1.82) is 0 Å². The van der Waals surface area contributed by atoms with Crippen molar-refractivity contribution in [3.63, 3.8) is 0 Å². The number of amides is 1. The molecule has 28 heavy (non-hydrogen) atoms. The first-order valence-electron chi connectivity index (χ1n) is 7.90. The van der Waals surface area contributed by atoms with E-state index in [0.29, 0.717) is 10.8 Å². The number of nitrogens with one attached hydrogen (secondary N) is 2.